The Kier molecular flexibility index (Phi) is 16.6. The zero-order valence-corrected chi connectivity index (χ0v) is 12.3. The topological polar surface area (TPSA) is 4.44 Å². The highest BCUT2D eigenvalue weighted by Crippen LogP contribution is 2.06. The molecule has 0 aliphatic rings. The molecule has 0 atom stereocenters. The third-order valence-electron chi connectivity index (χ3n) is 2.42. The molecule has 0 unspecified atom stereocenters. The standard InChI is InChI=1S/C13H27N.BrH/c1-4-5-6-7-8-9-10-11-12-13-14(2)3;/h11-12H,4-10,13H2,1-3H3;1H. The van der Waals surface area contributed by atoms with Gasteiger partial charge in [-0.25, -0.2) is 0 Å². The number of quaternary nitrogens is 1. The highest BCUT2D eigenvalue weighted by atomic mass is 79.9. The lowest BCUT2D eigenvalue weighted by atomic mass is 10.1. The first-order valence-electron chi connectivity index (χ1n) is 6.21. The highest BCUT2D eigenvalue weighted by molar-refractivity contribution is 4.80. The third-order valence-corrected chi connectivity index (χ3v) is 2.42. The molecular weight excluding hydrogens is 250 g/mol. The molecule has 0 saturated heterocycles. The van der Waals surface area contributed by atoms with Gasteiger partial charge in [0.15, 0.2) is 0 Å². The van der Waals surface area contributed by atoms with E-state index in [0.717, 1.165) is 6.54 Å². The van der Waals surface area contributed by atoms with Gasteiger partial charge in [0, 0.05) is 0 Å². The molecule has 1 nitrogen and oxygen atoms in total. The first-order chi connectivity index (χ1) is 6.77. The zero-order chi connectivity index (χ0) is 10.6. The normalized spacial score (nSPS) is 10.9. The fraction of sp³-hybridized carbons (Fsp3) is 0.846. The van der Waals surface area contributed by atoms with Crippen molar-refractivity contribution in [2.45, 2.75) is 51.9 Å². The van der Waals surface area contributed by atoms with Gasteiger partial charge in [0.05, 0.1) is 20.6 Å². The summed E-state index contributed by atoms with van der Waals surface area (Å²) in [6.45, 7) is 3.43. The van der Waals surface area contributed by atoms with Crippen LogP contribution in [0.15, 0.2) is 12.2 Å². The largest absolute Gasteiger partial charge is 1.00 e. The molecule has 0 amide bonds. The molecule has 0 heterocycles. The van der Waals surface area contributed by atoms with E-state index < -0.39 is 0 Å². The van der Waals surface area contributed by atoms with Crippen LogP contribution in [0.25, 0.3) is 0 Å². The monoisotopic (exact) mass is 277 g/mol. The van der Waals surface area contributed by atoms with Crippen LogP contribution in [-0.4, -0.2) is 20.6 Å². The molecule has 92 valence electrons. The van der Waals surface area contributed by atoms with Gasteiger partial charge in [-0.2, -0.15) is 0 Å². The minimum Gasteiger partial charge on any atom is -1.00 e. The maximum absolute atomic E-state index is 2.34. The molecule has 1 N–H and O–H groups in total. The van der Waals surface area contributed by atoms with Crippen molar-refractivity contribution in [1.29, 1.82) is 0 Å². The summed E-state index contributed by atoms with van der Waals surface area (Å²) in [5.41, 5.74) is 0. The average molecular weight is 278 g/mol. The number of nitrogens with one attached hydrogen (secondary N) is 1. The molecule has 0 spiro atoms. The summed E-state index contributed by atoms with van der Waals surface area (Å²) in [5.74, 6) is 0. The van der Waals surface area contributed by atoms with Crippen LogP contribution in [0.4, 0.5) is 0 Å². The van der Waals surface area contributed by atoms with Crippen LogP contribution in [0.3, 0.4) is 0 Å². The molecular formula is C13H28BrN. The lowest BCUT2D eigenvalue weighted by molar-refractivity contribution is -0.851. The van der Waals surface area contributed by atoms with Crippen LogP contribution in [0.5, 0.6) is 0 Å². The van der Waals surface area contributed by atoms with Crippen LogP contribution >= 0.6 is 0 Å². The quantitative estimate of drug-likeness (QED) is 0.426. The Morgan fingerprint density at radius 1 is 0.867 bits per heavy atom. The summed E-state index contributed by atoms with van der Waals surface area (Å²) >= 11 is 0. The van der Waals surface area contributed by atoms with Gasteiger partial charge in [0.25, 0.3) is 0 Å². The second-order valence-electron chi connectivity index (χ2n) is 4.44. The van der Waals surface area contributed by atoms with E-state index in [4.69, 9.17) is 0 Å². The van der Waals surface area contributed by atoms with Crippen molar-refractivity contribution < 1.29 is 21.9 Å². The first kappa shape index (κ1) is 17.6. The lowest BCUT2D eigenvalue weighted by Crippen LogP contribution is -3.05. The summed E-state index contributed by atoms with van der Waals surface area (Å²) in [7, 11) is 4.38. The van der Waals surface area contributed by atoms with E-state index in [1.54, 1.807) is 0 Å². The second-order valence-corrected chi connectivity index (χ2v) is 4.44. The Bertz CT molecular complexity index is 132. The summed E-state index contributed by atoms with van der Waals surface area (Å²) in [6.07, 6.45) is 14.4. The predicted octanol–water partition coefficient (Wildman–Crippen LogP) is -0.558. The van der Waals surface area contributed by atoms with Crippen LogP contribution in [-0.2, 0) is 0 Å². The van der Waals surface area contributed by atoms with Gasteiger partial charge in [-0.15, -0.1) is 0 Å². The first-order valence-corrected chi connectivity index (χ1v) is 6.21. The Hall–Kier alpha value is 0.180. The van der Waals surface area contributed by atoms with Crippen molar-refractivity contribution >= 4 is 0 Å². The minimum absolute atomic E-state index is 0. The number of likely N-dealkylation sites (N-methyl/N-ethyl adjacent to an activating group) is 1. The zero-order valence-electron chi connectivity index (χ0n) is 10.7. The molecule has 15 heavy (non-hydrogen) atoms. The average Bonchev–Trinajstić information content (AvgIpc) is 2.15. The Morgan fingerprint density at radius 3 is 2.07 bits per heavy atom. The number of hydrogen-bond acceptors (Lipinski definition) is 0. The summed E-state index contributed by atoms with van der Waals surface area (Å²) in [4.78, 5) is 1.50. The molecule has 0 fully saturated rings. The van der Waals surface area contributed by atoms with E-state index in [1.807, 2.05) is 0 Å². The Balaban J connectivity index is 0. The van der Waals surface area contributed by atoms with E-state index in [2.05, 4.69) is 33.2 Å². The maximum Gasteiger partial charge on any atom is 0.0953 e. The smallest absolute Gasteiger partial charge is 0.0953 e. The molecule has 0 aromatic heterocycles. The van der Waals surface area contributed by atoms with Gasteiger partial charge in [-0.05, 0) is 18.9 Å². The summed E-state index contributed by atoms with van der Waals surface area (Å²) < 4.78 is 0. The Morgan fingerprint density at radius 2 is 1.47 bits per heavy atom. The second kappa shape index (κ2) is 14.2. The Labute approximate surface area is 107 Å². The maximum atomic E-state index is 2.34. The fourth-order valence-corrected chi connectivity index (χ4v) is 1.48. The molecule has 2 heteroatoms. The van der Waals surface area contributed by atoms with Crippen molar-refractivity contribution in [3.8, 4) is 0 Å². The van der Waals surface area contributed by atoms with Crippen molar-refractivity contribution in [2.24, 2.45) is 0 Å². The van der Waals surface area contributed by atoms with E-state index >= 15 is 0 Å². The van der Waals surface area contributed by atoms with Crippen LogP contribution in [0.1, 0.15) is 51.9 Å². The summed E-state index contributed by atoms with van der Waals surface area (Å²) in [6, 6.07) is 0. The molecule has 0 aromatic carbocycles. The number of rotatable bonds is 9. The highest BCUT2D eigenvalue weighted by Gasteiger charge is 1.88. The van der Waals surface area contributed by atoms with Crippen LogP contribution < -0.4 is 21.9 Å². The molecule has 0 bridgehead atoms. The third kappa shape index (κ3) is 16.8. The van der Waals surface area contributed by atoms with E-state index in [-0.39, 0.29) is 17.0 Å². The predicted molar refractivity (Wildman–Crippen MR) is 64.8 cm³/mol. The lowest BCUT2D eigenvalue weighted by Gasteiger charge is -2.01. The van der Waals surface area contributed by atoms with Gasteiger partial charge in [-0.3, -0.25) is 0 Å². The summed E-state index contributed by atoms with van der Waals surface area (Å²) in [5, 5.41) is 0. The molecule has 0 radical (unpaired) electrons. The SMILES string of the molecule is CCCCCCCCC=CC[NH+](C)C.[Br-]. The van der Waals surface area contributed by atoms with Crippen LogP contribution in [0, 0.1) is 0 Å². The van der Waals surface area contributed by atoms with Crippen molar-refractivity contribution in [3.63, 3.8) is 0 Å². The number of unbranched alkanes of at least 4 members (excludes halogenated alkanes) is 6. The van der Waals surface area contributed by atoms with Crippen molar-refractivity contribution in [3.05, 3.63) is 12.2 Å². The molecule has 0 saturated carbocycles. The number of hydrogen-bond donors (Lipinski definition) is 1. The van der Waals surface area contributed by atoms with Gasteiger partial charge < -0.3 is 21.9 Å². The number of allylic oxidation sites excluding steroid dienone is 1. The van der Waals surface area contributed by atoms with Crippen LogP contribution in [0.2, 0.25) is 0 Å². The molecule has 0 aromatic rings. The van der Waals surface area contributed by atoms with E-state index in [0.29, 0.717) is 0 Å². The minimum atomic E-state index is 0. The van der Waals surface area contributed by atoms with E-state index in [9.17, 15) is 0 Å². The van der Waals surface area contributed by atoms with Gasteiger partial charge in [-0.1, -0.05) is 45.1 Å². The fourth-order valence-electron chi connectivity index (χ4n) is 1.48. The van der Waals surface area contributed by atoms with Gasteiger partial charge >= 0.3 is 0 Å². The van der Waals surface area contributed by atoms with Gasteiger partial charge in [0.1, 0.15) is 0 Å². The van der Waals surface area contributed by atoms with Crippen molar-refractivity contribution in [1.82, 2.24) is 0 Å². The molecule has 0 aliphatic heterocycles. The number of halogens is 1. The van der Waals surface area contributed by atoms with Crippen molar-refractivity contribution in [2.75, 3.05) is 20.6 Å². The molecule has 0 aliphatic carbocycles. The molecule has 0 rings (SSSR count). The van der Waals surface area contributed by atoms with E-state index in [1.165, 1.54) is 49.8 Å². The van der Waals surface area contributed by atoms with Gasteiger partial charge in [0.2, 0.25) is 0 Å².